The minimum atomic E-state index is -0.404. The van der Waals surface area contributed by atoms with Crippen LogP contribution in [-0.2, 0) is 0 Å². The van der Waals surface area contributed by atoms with Crippen molar-refractivity contribution in [2.45, 2.75) is 51.7 Å². The average molecular weight is 322 g/mol. The highest BCUT2D eigenvalue weighted by atomic mass is 16.6. The maximum Gasteiger partial charge on any atom is 0.311 e. The smallest absolute Gasteiger partial charge is 0.311 e. The Hall–Kier alpha value is -1.66. The molecule has 6 heteroatoms. The molecule has 1 aliphatic carbocycles. The van der Waals surface area contributed by atoms with Crippen molar-refractivity contribution in [1.82, 2.24) is 5.32 Å². The minimum absolute atomic E-state index is 0.00564. The van der Waals surface area contributed by atoms with Gasteiger partial charge < -0.3 is 15.2 Å². The van der Waals surface area contributed by atoms with E-state index in [0.717, 1.165) is 37.8 Å². The van der Waals surface area contributed by atoms with E-state index < -0.39 is 4.92 Å². The lowest BCUT2D eigenvalue weighted by molar-refractivity contribution is -0.385. The van der Waals surface area contributed by atoms with Gasteiger partial charge in [-0.3, -0.25) is 10.1 Å². The van der Waals surface area contributed by atoms with Crippen LogP contribution in [0, 0.1) is 16.0 Å². The van der Waals surface area contributed by atoms with Crippen LogP contribution in [0.5, 0.6) is 5.75 Å². The lowest BCUT2D eigenvalue weighted by Gasteiger charge is -2.27. The molecule has 1 fully saturated rings. The topological polar surface area (TPSA) is 84.6 Å². The number of nitro groups is 1. The van der Waals surface area contributed by atoms with Crippen LogP contribution in [0.2, 0.25) is 0 Å². The van der Waals surface area contributed by atoms with Crippen molar-refractivity contribution in [3.63, 3.8) is 0 Å². The first-order chi connectivity index (χ1) is 11.0. The third kappa shape index (κ3) is 4.91. The molecular weight excluding hydrogens is 296 g/mol. The summed E-state index contributed by atoms with van der Waals surface area (Å²) in [4.78, 5) is 10.8. The van der Waals surface area contributed by atoms with Crippen LogP contribution in [0.4, 0.5) is 5.69 Å². The van der Waals surface area contributed by atoms with Gasteiger partial charge in [-0.25, -0.2) is 0 Å². The molecule has 0 heterocycles. The van der Waals surface area contributed by atoms with Gasteiger partial charge >= 0.3 is 5.69 Å². The summed E-state index contributed by atoms with van der Waals surface area (Å²) in [6.45, 7) is 5.02. The molecule has 23 heavy (non-hydrogen) atoms. The zero-order valence-electron chi connectivity index (χ0n) is 13.8. The Bertz CT molecular complexity index is 535. The lowest BCUT2D eigenvalue weighted by atomic mass is 9.87. The number of aliphatic hydroxyl groups is 1. The molecule has 0 radical (unpaired) electrons. The number of ether oxygens (including phenoxy) is 1. The molecule has 0 bridgehead atoms. The molecule has 3 atom stereocenters. The molecule has 2 rings (SSSR count). The first kappa shape index (κ1) is 17.7. The number of nitrogens with zero attached hydrogens (tertiary/aromatic N) is 1. The molecule has 0 spiro atoms. The van der Waals surface area contributed by atoms with Gasteiger partial charge in [-0.05, 0) is 57.2 Å². The summed E-state index contributed by atoms with van der Waals surface area (Å²) >= 11 is 0. The first-order valence-corrected chi connectivity index (χ1v) is 8.33. The first-order valence-electron chi connectivity index (χ1n) is 8.33. The number of benzene rings is 1. The van der Waals surface area contributed by atoms with Gasteiger partial charge in [0.1, 0.15) is 0 Å². The van der Waals surface area contributed by atoms with Crippen LogP contribution < -0.4 is 10.1 Å². The molecule has 6 nitrogen and oxygen atoms in total. The fourth-order valence-corrected chi connectivity index (χ4v) is 3.13. The second-order valence-electron chi connectivity index (χ2n) is 6.23. The minimum Gasteiger partial charge on any atom is -0.487 e. The fraction of sp³-hybridized carbons (Fsp3) is 0.647. The van der Waals surface area contributed by atoms with Crippen LogP contribution in [0.3, 0.4) is 0 Å². The normalized spacial score (nSPS) is 22.6. The molecule has 128 valence electrons. The largest absolute Gasteiger partial charge is 0.487 e. The summed E-state index contributed by atoms with van der Waals surface area (Å²) < 4.78 is 5.31. The van der Waals surface area contributed by atoms with Crippen molar-refractivity contribution in [1.29, 1.82) is 0 Å². The number of hydrogen-bond donors (Lipinski definition) is 2. The zero-order chi connectivity index (χ0) is 16.8. The molecule has 1 saturated carbocycles. The van der Waals surface area contributed by atoms with Crippen LogP contribution in [0.1, 0.15) is 51.1 Å². The van der Waals surface area contributed by atoms with Gasteiger partial charge in [0.05, 0.1) is 17.6 Å². The third-order valence-electron chi connectivity index (χ3n) is 4.45. The number of nitrogens with one attached hydrogen (secondary N) is 1. The van der Waals surface area contributed by atoms with Gasteiger partial charge in [0.25, 0.3) is 0 Å². The van der Waals surface area contributed by atoms with Crippen molar-refractivity contribution in [3.8, 4) is 5.75 Å². The third-order valence-corrected chi connectivity index (χ3v) is 4.45. The Kier molecular flexibility index (Phi) is 6.36. The predicted molar refractivity (Wildman–Crippen MR) is 88.6 cm³/mol. The highest BCUT2D eigenvalue weighted by Crippen LogP contribution is 2.30. The Morgan fingerprint density at radius 2 is 2.26 bits per heavy atom. The summed E-state index contributed by atoms with van der Waals surface area (Å²) in [5.41, 5.74) is 0.877. The zero-order valence-corrected chi connectivity index (χ0v) is 13.8. The van der Waals surface area contributed by atoms with Gasteiger partial charge in [0.15, 0.2) is 5.75 Å². The van der Waals surface area contributed by atoms with E-state index in [4.69, 9.17) is 4.74 Å². The predicted octanol–water partition coefficient (Wildman–Crippen LogP) is 3.20. The maximum atomic E-state index is 11.2. The summed E-state index contributed by atoms with van der Waals surface area (Å²) in [5, 5.41) is 24.3. The second kappa shape index (κ2) is 8.26. The van der Waals surface area contributed by atoms with E-state index in [0.29, 0.717) is 18.3 Å². The Morgan fingerprint density at radius 1 is 1.48 bits per heavy atom. The van der Waals surface area contributed by atoms with Crippen LogP contribution in [-0.4, -0.2) is 29.3 Å². The molecule has 0 amide bonds. The van der Waals surface area contributed by atoms with E-state index in [1.54, 1.807) is 19.1 Å². The van der Waals surface area contributed by atoms with Crippen molar-refractivity contribution >= 4 is 5.69 Å². The van der Waals surface area contributed by atoms with E-state index in [1.165, 1.54) is 0 Å². The monoisotopic (exact) mass is 322 g/mol. The number of aliphatic hydroxyl groups excluding tert-OH is 1. The van der Waals surface area contributed by atoms with E-state index >= 15 is 0 Å². The lowest BCUT2D eigenvalue weighted by Crippen LogP contribution is -2.30. The van der Waals surface area contributed by atoms with Crippen molar-refractivity contribution in [2.75, 3.05) is 13.2 Å². The van der Waals surface area contributed by atoms with Crippen LogP contribution >= 0.6 is 0 Å². The van der Waals surface area contributed by atoms with Gasteiger partial charge in [0, 0.05) is 12.1 Å². The van der Waals surface area contributed by atoms with Crippen LogP contribution in [0.15, 0.2) is 18.2 Å². The van der Waals surface area contributed by atoms with Gasteiger partial charge in [0.2, 0.25) is 0 Å². The van der Waals surface area contributed by atoms with Gasteiger partial charge in [-0.15, -0.1) is 0 Å². The standard InChI is InChI=1S/C17H26N2O4/c1-3-23-17-8-7-14(10-16(17)19(21)22)12(2)18-11-13-5-4-6-15(20)9-13/h7-8,10,12-13,15,18,20H,3-6,9,11H2,1-2H3. The molecule has 0 aromatic heterocycles. The number of nitro benzene ring substituents is 1. The summed E-state index contributed by atoms with van der Waals surface area (Å²) in [6, 6.07) is 5.13. The fourth-order valence-electron chi connectivity index (χ4n) is 3.13. The molecule has 3 unspecified atom stereocenters. The Morgan fingerprint density at radius 3 is 2.91 bits per heavy atom. The maximum absolute atomic E-state index is 11.2. The van der Waals surface area contributed by atoms with Gasteiger partial charge in [-0.1, -0.05) is 12.5 Å². The van der Waals surface area contributed by atoms with E-state index in [-0.39, 0.29) is 17.8 Å². The second-order valence-corrected chi connectivity index (χ2v) is 6.23. The van der Waals surface area contributed by atoms with E-state index in [1.807, 2.05) is 13.0 Å². The SMILES string of the molecule is CCOc1ccc(C(C)NCC2CCCC(O)C2)cc1[N+](=O)[O-]. The average Bonchev–Trinajstić information content (AvgIpc) is 2.53. The van der Waals surface area contributed by atoms with Gasteiger partial charge in [-0.2, -0.15) is 0 Å². The molecule has 0 aliphatic heterocycles. The quantitative estimate of drug-likeness (QED) is 0.595. The summed E-state index contributed by atoms with van der Waals surface area (Å²) in [7, 11) is 0. The molecule has 1 aliphatic rings. The summed E-state index contributed by atoms with van der Waals surface area (Å²) in [6.07, 6.45) is 3.74. The van der Waals surface area contributed by atoms with E-state index in [2.05, 4.69) is 5.32 Å². The van der Waals surface area contributed by atoms with E-state index in [9.17, 15) is 15.2 Å². The van der Waals surface area contributed by atoms with Crippen molar-refractivity contribution < 1.29 is 14.8 Å². The molecule has 0 saturated heterocycles. The Balaban J connectivity index is 1.99. The molecule has 1 aromatic carbocycles. The summed E-state index contributed by atoms with van der Waals surface area (Å²) in [5.74, 6) is 0.780. The highest BCUT2D eigenvalue weighted by Gasteiger charge is 2.22. The number of hydrogen-bond acceptors (Lipinski definition) is 5. The molecule has 1 aromatic rings. The Labute approximate surface area is 137 Å². The molecular formula is C17H26N2O4. The van der Waals surface area contributed by atoms with Crippen molar-refractivity contribution in [2.24, 2.45) is 5.92 Å². The van der Waals surface area contributed by atoms with Crippen molar-refractivity contribution in [3.05, 3.63) is 33.9 Å². The highest BCUT2D eigenvalue weighted by molar-refractivity contribution is 5.49. The number of rotatable bonds is 7. The molecule has 2 N–H and O–H groups in total. The van der Waals surface area contributed by atoms with Crippen LogP contribution in [0.25, 0.3) is 0 Å².